The topological polar surface area (TPSA) is 73.6 Å². The molecule has 39 heavy (non-hydrogen) atoms. The van der Waals surface area contributed by atoms with Crippen LogP contribution in [0, 0.1) is 5.82 Å². The lowest BCUT2D eigenvalue weighted by Gasteiger charge is -2.22. The summed E-state index contributed by atoms with van der Waals surface area (Å²) in [6.45, 7) is 1.32. The first kappa shape index (κ1) is 25.6. The van der Waals surface area contributed by atoms with E-state index in [0.29, 0.717) is 51.6 Å². The molecule has 2 aromatic carbocycles. The average molecular weight is 564 g/mol. The van der Waals surface area contributed by atoms with E-state index in [1.807, 2.05) is 34.9 Å². The number of pyridine rings is 1. The van der Waals surface area contributed by atoms with Crippen molar-refractivity contribution in [2.24, 2.45) is 4.99 Å². The van der Waals surface area contributed by atoms with Crippen molar-refractivity contribution in [3.63, 3.8) is 0 Å². The molecule has 0 atom stereocenters. The van der Waals surface area contributed by atoms with Crippen LogP contribution in [-0.2, 0) is 4.74 Å². The molecule has 2 aliphatic heterocycles. The third kappa shape index (κ3) is 5.15. The number of anilines is 2. The quantitative estimate of drug-likeness (QED) is 0.238. The highest BCUT2D eigenvalue weighted by molar-refractivity contribution is 6.42. The summed E-state index contributed by atoms with van der Waals surface area (Å²) in [4.78, 5) is 14.3. The fourth-order valence-corrected chi connectivity index (χ4v) is 5.07. The zero-order valence-electron chi connectivity index (χ0n) is 21.0. The molecule has 0 saturated carbocycles. The highest BCUT2D eigenvalue weighted by Gasteiger charge is 2.20. The van der Waals surface area contributed by atoms with Gasteiger partial charge in [-0.05, 0) is 67.4 Å². The van der Waals surface area contributed by atoms with Gasteiger partial charge in [-0.15, -0.1) is 0 Å². The summed E-state index contributed by atoms with van der Waals surface area (Å²) in [5.41, 5.74) is 4.79. The first-order valence-electron chi connectivity index (χ1n) is 12.5. The molecule has 10 heteroatoms. The second kappa shape index (κ2) is 10.8. The molecule has 0 bridgehead atoms. The van der Waals surface area contributed by atoms with Gasteiger partial charge in [0.1, 0.15) is 11.5 Å². The minimum Gasteiger partial charge on any atom is -0.480 e. The maximum absolute atomic E-state index is 14.5. The third-order valence-electron chi connectivity index (χ3n) is 6.66. The van der Waals surface area contributed by atoms with Gasteiger partial charge in [-0.1, -0.05) is 23.2 Å². The fraction of sp³-hybridized carbons (Fsp3) is 0.207. The lowest BCUT2D eigenvalue weighted by Crippen LogP contribution is -2.23. The molecule has 6 rings (SSSR count). The van der Waals surface area contributed by atoms with Crippen LogP contribution in [-0.4, -0.2) is 40.9 Å². The number of fused-ring (bicyclic) bond motifs is 2. The van der Waals surface area contributed by atoms with E-state index >= 15 is 0 Å². The average Bonchev–Trinajstić information content (AvgIpc) is 2.95. The van der Waals surface area contributed by atoms with Crippen molar-refractivity contribution in [2.45, 2.75) is 18.9 Å². The summed E-state index contributed by atoms with van der Waals surface area (Å²) in [6.07, 6.45) is 3.31. The Kier molecular flexibility index (Phi) is 7.08. The minimum absolute atomic E-state index is 0.0943. The van der Waals surface area contributed by atoms with Crippen molar-refractivity contribution in [3.05, 3.63) is 88.1 Å². The molecular formula is C29H24Cl2FN5O2. The summed E-state index contributed by atoms with van der Waals surface area (Å²) in [5, 5.41) is 5.00. The number of ether oxygens (including phenoxy) is 2. The third-order valence-corrected chi connectivity index (χ3v) is 7.40. The van der Waals surface area contributed by atoms with Gasteiger partial charge in [-0.3, -0.25) is 4.99 Å². The van der Waals surface area contributed by atoms with Gasteiger partial charge in [-0.25, -0.2) is 14.4 Å². The van der Waals surface area contributed by atoms with Crippen LogP contribution in [0.5, 0.6) is 5.88 Å². The fourth-order valence-electron chi connectivity index (χ4n) is 4.78. The molecule has 198 valence electrons. The van der Waals surface area contributed by atoms with E-state index in [2.05, 4.69) is 10.3 Å². The SMILES string of the molecule is COc1ncccc1Nc1cc2nc3ccc(F)cc3n(-c3ccc(Cl)c(Cl)c3)c-2c/c1=N\C1CCOCC1. The maximum atomic E-state index is 14.5. The van der Waals surface area contributed by atoms with Crippen LogP contribution in [0.3, 0.4) is 0 Å². The number of aromatic nitrogens is 3. The van der Waals surface area contributed by atoms with E-state index in [1.165, 1.54) is 12.1 Å². The monoisotopic (exact) mass is 563 g/mol. The molecule has 1 aliphatic carbocycles. The van der Waals surface area contributed by atoms with Crippen molar-refractivity contribution in [1.82, 2.24) is 14.5 Å². The normalized spacial score (nSPS) is 14.7. The molecule has 1 saturated heterocycles. The molecule has 1 aromatic heterocycles. The Morgan fingerprint density at radius 1 is 1.03 bits per heavy atom. The number of nitrogens with zero attached hydrogens (tertiary/aromatic N) is 4. The number of hydrogen-bond donors (Lipinski definition) is 1. The Morgan fingerprint density at radius 2 is 1.87 bits per heavy atom. The van der Waals surface area contributed by atoms with E-state index < -0.39 is 0 Å². The van der Waals surface area contributed by atoms with Crippen molar-refractivity contribution in [2.75, 3.05) is 25.6 Å². The summed E-state index contributed by atoms with van der Waals surface area (Å²) >= 11 is 12.6. The second-order valence-electron chi connectivity index (χ2n) is 9.19. The lowest BCUT2D eigenvalue weighted by molar-refractivity contribution is 0.0864. The Labute approximate surface area is 234 Å². The van der Waals surface area contributed by atoms with Crippen LogP contribution in [0.25, 0.3) is 28.1 Å². The van der Waals surface area contributed by atoms with Crippen LogP contribution in [0.15, 0.2) is 71.9 Å². The van der Waals surface area contributed by atoms with Gasteiger partial charge >= 0.3 is 0 Å². The van der Waals surface area contributed by atoms with Crippen molar-refractivity contribution in [1.29, 1.82) is 0 Å². The van der Waals surface area contributed by atoms with Crippen LogP contribution in [0.4, 0.5) is 15.8 Å². The van der Waals surface area contributed by atoms with Crippen molar-refractivity contribution < 1.29 is 13.9 Å². The van der Waals surface area contributed by atoms with Gasteiger partial charge in [0.05, 0.1) is 56.7 Å². The van der Waals surface area contributed by atoms with Gasteiger partial charge < -0.3 is 19.4 Å². The largest absolute Gasteiger partial charge is 0.480 e. The minimum atomic E-state index is -0.369. The van der Waals surface area contributed by atoms with Gasteiger partial charge in [-0.2, -0.15) is 0 Å². The molecule has 3 heterocycles. The molecule has 1 N–H and O–H groups in total. The highest BCUT2D eigenvalue weighted by Crippen LogP contribution is 2.34. The van der Waals surface area contributed by atoms with Crippen LogP contribution < -0.4 is 15.4 Å². The van der Waals surface area contributed by atoms with Crippen molar-refractivity contribution in [3.8, 4) is 23.0 Å². The van der Waals surface area contributed by atoms with Gasteiger partial charge in [0.25, 0.3) is 0 Å². The summed E-state index contributed by atoms with van der Waals surface area (Å²) in [5.74, 6) is 0.0916. The van der Waals surface area contributed by atoms with Gasteiger partial charge in [0, 0.05) is 31.2 Å². The van der Waals surface area contributed by atoms with E-state index in [4.69, 9.17) is 42.7 Å². The molecule has 0 radical (unpaired) electrons. The number of benzene rings is 3. The van der Waals surface area contributed by atoms with Crippen molar-refractivity contribution >= 4 is 45.6 Å². The molecule has 1 fully saturated rings. The Balaban J connectivity index is 1.65. The summed E-state index contributed by atoms with van der Waals surface area (Å²) in [6, 6.07) is 17.6. The van der Waals surface area contributed by atoms with Crippen LogP contribution >= 0.6 is 23.2 Å². The zero-order chi connectivity index (χ0) is 26.9. The lowest BCUT2D eigenvalue weighted by atomic mass is 10.1. The van der Waals surface area contributed by atoms with Gasteiger partial charge in [0.2, 0.25) is 5.88 Å². The van der Waals surface area contributed by atoms with E-state index in [-0.39, 0.29) is 11.9 Å². The molecule has 0 amide bonds. The number of halogens is 3. The first-order valence-corrected chi connectivity index (χ1v) is 13.2. The number of rotatable bonds is 5. The second-order valence-corrected chi connectivity index (χ2v) is 10.0. The Morgan fingerprint density at radius 3 is 2.67 bits per heavy atom. The van der Waals surface area contributed by atoms with Gasteiger partial charge in [0.15, 0.2) is 0 Å². The maximum Gasteiger partial charge on any atom is 0.237 e. The molecule has 7 nitrogen and oxygen atoms in total. The molecule has 0 unspecified atom stereocenters. The first-order chi connectivity index (χ1) is 19.0. The van der Waals surface area contributed by atoms with E-state index in [0.717, 1.165) is 35.3 Å². The highest BCUT2D eigenvalue weighted by atomic mass is 35.5. The number of hydrogen-bond acceptors (Lipinski definition) is 6. The smallest absolute Gasteiger partial charge is 0.237 e. The summed E-state index contributed by atoms with van der Waals surface area (Å²) in [7, 11) is 1.58. The van der Waals surface area contributed by atoms with E-state index in [9.17, 15) is 4.39 Å². The van der Waals surface area contributed by atoms with Crippen LogP contribution in [0.1, 0.15) is 12.8 Å². The van der Waals surface area contributed by atoms with Crippen LogP contribution in [0.2, 0.25) is 10.0 Å². The molecule has 0 spiro atoms. The molecular weight excluding hydrogens is 540 g/mol. The molecule has 3 aliphatic rings. The predicted octanol–water partition coefficient (Wildman–Crippen LogP) is 6.80. The van der Waals surface area contributed by atoms with E-state index in [1.54, 1.807) is 31.5 Å². The zero-order valence-corrected chi connectivity index (χ0v) is 22.5. The number of nitrogens with one attached hydrogen (secondary N) is 1. The number of methoxy groups -OCH3 is 1. The standard InChI is InChI=1S/C29H24Cl2FN5O2/c1-38-29-23(3-2-10-33-29)36-24-15-26-28(16-25(24)34-18-8-11-39-12-9-18)37(19-5-6-20(30)21(31)14-19)27-13-17(32)4-7-22(27)35-26/h2-7,10,13-16,18,36H,8-9,11-12H2,1H3/b34-25+. The predicted molar refractivity (Wildman–Crippen MR) is 151 cm³/mol. The summed E-state index contributed by atoms with van der Waals surface area (Å²) < 4.78 is 27.4. The Bertz CT molecular complexity index is 1720. The Hall–Kier alpha value is -3.72. The molecule has 3 aromatic rings.